The maximum absolute atomic E-state index is 12.4. The van der Waals surface area contributed by atoms with Gasteiger partial charge in [-0.25, -0.2) is 4.98 Å². The van der Waals surface area contributed by atoms with Gasteiger partial charge in [0.2, 0.25) is 17.7 Å². The topological polar surface area (TPSA) is 90.1 Å². The molecule has 0 aliphatic heterocycles. The van der Waals surface area contributed by atoms with Gasteiger partial charge in [-0.15, -0.1) is 21.5 Å². The van der Waals surface area contributed by atoms with Gasteiger partial charge >= 0.3 is 0 Å². The van der Waals surface area contributed by atoms with Crippen LogP contribution in [0.2, 0.25) is 0 Å². The van der Waals surface area contributed by atoms with Gasteiger partial charge in [0.1, 0.15) is 5.75 Å². The van der Waals surface area contributed by atoms with Crippen LogP contribution in [0.5, 0.6) is 5.75 Å². The van der Waals surface area contributed by atoms with Crippen molar-refractivity contribution in [2.75, 3.05) is 12.4 Å². The maximum Gasteiger partial charge on any atom is 0.247 e. The summed E-state index contributed by atoms with van der Waals surface area (Å²) < 4.78 is 10.8. The second-order valence-corrected chi connectivity index (χ2v) is 7.77. The Morgan fingerprint density at radius 3 is 2.57 bits per heavy atom. The van der Waals surface area contributed by atoms with E-state index in [9.17, 15) is 4.79 Å². The molecule has 0 fully saturated rings. The lowest BCUT2D eigenvalue weighted by atomic mass is 10.1. The number of hydrogen-bond donors (Lipinski definition) is 1. The SMILES string of the molecule is COc1ccc(-c2nc(NC(=O)CCc3nnc(-c4ccccc4)o3)sc2C)cc1. The van der Waals surface area contributed by atoms with Gasteiger partial charge in [0.15, 0.2) is 5.13 Å². The lowest BCUT2D eigenvalue weighted by molar-refractivity contribution is -0.116. The minimum absolute atomic E-state index is 0.149. The van der Waals surface area contributed by atoms with E-state index in [1.165, 1.54) is 11.3 Å². The molecule has 0 atom stereocenters. The van der Waals surface area contributed by atoms with Crippen LogP contribution in [0.1, 0.15) is 17.2 Å². The Balaban J connectivity index is 1.36. The zero-order valence-electron chi connectivity index (χ0n) is 16.6. The van der Waals surface area contributed by atoms with Crippen molar-refractivity contribution in [3.63, 3.8) is 0 Å². The van der Waals surface area contributed by atoms with Crippen LogP contribution in [0.4, 0.5) is 5.13 Å². The number of ether oxygens (including phenoxy) is 1. The number of rotatable bonds is 7. The fraction of sp³-hybridized carbons (Fsp3) is 0.182. The summed E-state index contributed by atoms with van der Waals surface area (Å²) in [6.07, 6.45) is 0.592. The predicted octanol–water partition coefficient (Wildman–Crippen LogP) is 4.75. The van der Waals surface area contributed by atoms with E-state index < -0.39 is 0 Å². The number of anilines is 1. The molecule has 0 saturated carbocycles. The summed E-state index contributed by atoms with van der Waals surface area (Å²) in [5.41, 5.74) is 2.68. The van der Waals surface area contributed by atoms with Crippen molar-refractivity contribution in [1.29, 1.82) is 0 Å². The van der Waals surface area contributed by atoms with Gasteiger partial charge in [0.05, 0.1) is 12.8 Å². The Hall–Kier alpha value is -3.52. The molecule has 0 saturated heterocycles. The van der Waals surface area contributed by atoms with Crippen molar-refractivity contribution in [2.24, 2.45) is 0 Å². The van der Waals surface area contributed by atoms with Crippen LogP contribution < -0.4 is 10.1 Å². The molecule has 0 unspecified atom stereocenters. The number of carbonyl (C=O) groups excluding carboxylic acids is 1. The molecule has 7 nitrogen and oxygen atoms in total. The zero-order valence-corrected chi connectivity index (χ0v) is 17.4. The maximum atomic E-state index is 12.4. The number of methoxy groups -OCH3 is 1. The van der Waals surface area contributed by atoms with Gasteiger partial charge in [0, 0.05) is 28.8 Å². The van der Waals surface area contributed by atoms with Crippen LogP contribution in [-0.4, -0.2) is 28.2 Å². The highest BCUT2D eigenvalue weighted by Gasteiger charge is 2.14. The third-order valence-corrected chi connectivity index (χ3v) is 5.35. The summed E-state index contributed by atoms with van der Waals surface area (Å²) >= 11 is 1.44. The lowest BCUT2D eigenvalue weighted by Crippen LogP contribution is -2.12. The largest absolute Gasteiger partial charge is 0.497 e. The zero-order chi connectivity index (χ0) is 20.9. The van der Waals surface area contributed by atoms with Gasteiger partial charge in [-0.05, 0) is 43.3 Å². The summed E-state index contributed by atoms with van der Waals surface area (Å²) in [6, 6.07) is 17.2. The molecule has 4 aromatic rings. The van der Waals surface area contributed by atoms with Crippen molar-refractivity contribution in [2.45, 2.75) is 19.8 Å². The first-order valence-electron chi connectivity index (χ1n) is 9.42. The van der Waals surface area contributed by atoms with E-state index in [0.717, 1.165) is 27.4 Å². The van der Waals surface area contributed by atoms with Crippen LogP contribution in [0, 0.1) is 6.92 Å². The van der Waals surface area contributed by atoms with Crippen molar-refractivity contribution < 1.29 is 13.9 Å². The number of aryl methyl sites for hydroxylation is 2. The summed E-state index contributed by atoms with van der Waals surface area (Å²) in [4.78, 5) is 17.9. The number of aromatic nitrogens is 3. The van der Waals surface area contributed by atoms with E-state index in [1.807, 2.05) is 61.5 Å². The summed E-state index contributed by atoms with van der Waals surface area (Å²) in [5, 5.41) is 11.5. The molecule has 8 heteroatoms. The molecule has 2 heterocycles. The number of amides is 1. The highest BCUT2D eigenvalue weighted by molar-refractivity contribution is 7.16. The summed E-state index contributed by atoms with van der Waals surface area (Å²) in [7, 11) is 1.63. The summed E-state index contributed by atoms with van der Waals surface area (Å²) in [6.45, 7) is 1.98. The number of benzene rings is 2. The molecule has 4 rings (SSSR count). The van der Waals surface area contributed by atoms with Crippen LogP contribution >= 0.6 is 11.3 Å². The Bertz CT molecular complexity index is 1140. The first-order chi connectivity index (χ1) is 14.6. The van der Waals surface area contributed by atoms with Crippen LogP contribution in [0.3, 0.4) is 0 Å². The third-order valence-electron chi connectivity index (χ3n) is 4.46. The van der Waals surface area contributed by atoms with E-state index in [1.54, 1.807) is 7.11 Å². The second kappa shape index (κ2) is 8.87. The number of hydrogen-bond acceptors (Lipinski definition) is 7. The Morgan fingerprint density at radius 2 is 1.83 bits per heavy atom. The molecule has 0 spiro atoms. The predicted molar refractivity (Wildman–Crippen MR) is 116 cm³/mol. The number of thiazole rings is 1. The molecule has 1 amide bonds. The molecule has 152 valence electrons. The molecule has 1 N–H and O–H groups in total. The molecule has 2 aromatic carbocycles. The molecule has 0 aliphatic rings. The Labute approximate surface area is 177 Å². The monoisotopic (exact) mass is 420 g/mol. The minimum Gasteiger partial charge on any atom is -0.497 e. The molecule has 0 aliphatic carbocycles. The lowest BCUT2D eigenvalue weighted by Gasteiger charge is -2.02. The van der Waals surface area contributed by atoms with Crippen LogP contribution in [-0.2, 0) is 11.2 Å². The fourth-order valence-corrected chi connectivity index (χ4v) is 3.77. The van der Waals surface area contributed by atoms with Crippen molar-refractivity contribution >= 4 is 22.4 Å². The van der Waals surface area contributed by atoms with Crippen LogP contribution in [0.15, 0.2) is 59.0 Å². The first kappa shape index (κ1) is 19.8. The van der Waals surface area contributed by atoms with E-state index in [-0.39, 0.29) is 12.3 Å². The van der Waals surface area contributed by atoms with Gasteiger partial charge in [0.25, 0.3) is 0 Å². The van der Waals surface area contributed by atoms with Gasteiger partial charge < -0.3 is 14.5 Å². The number of carbonyl (C=O) groups is 1. The highest BCUT2D eigenvalue weighted by Crippen LogP contribution is 2.31. The third kappa shape index (κ3) is 4.55. The molecular weight excluding hydrogens is 400 g/mol. The average molecular weight is 420 g/mol. The number of nitrogens with zero attached hydrogens (tertiary/aromatic N) is 3. The molecule has 2 aromatic heterocycles. The van der Waals surface area contributed by atoms with E-state index in [0.29, 0.717) is 23.3 Å². The minimum atomic E-state index is -0.149. The van der Waals surface area contributed by atoms with Crippen molar-refractivity contribution in [3.05, 3.63) is 65.4 Å². The quantitative estimate of drug-likeness (QED) is 0.464. The first-order valence-corrected chi connectivity index (χ1v) is 10.2. The highest BCUT2D eigenvalue weighted by atomic mass is 32.1. The standard InChI is InChI=1S/C22H20N4O3S/c1-14-20(15-8-10-17(28-2)11-9-15)24-22(30-14)23-18(27)12-13-19-25-26-21(29-19)16-6-4-3-5-7-16/h3-11H,12-13H2,1-2H3,(H,23,24,27). The molecule has 0 radical (unpaired) electrons. The van der Waals surface area contributed by atoms with E-state index in [2.05, 4.69) is 20.5 Å². The van der Waals surface area contributed by atoms with Gasteiger partial charge in [-0.3, -0.25) is 4.79 Å². The van der Waals surface area contributed by atoms with E-state index in [4.69, 9.17) is 9.15 Å². The number of nitrogens with one attached hydrogen (secondary N) is 1. The molecule has 30 heavy (non-hydrogen) atoms. The Kier molecular flexibility index (Phi) is 5.85. The molecular formula is C22H20N4O3S. The summed E-state index contributed by atoms with van der Waals surface area (Å²) in [5.74, 6) is 1.52. The smallest absolute Gasteiger partial charge is 0.247 e. The fourth-order valence-electron chi connectivity index (χ4n) is 2.92. The Morgan fingerprint density at radius 1 is 1.07 bits per heavy atom. The van der Waals surface area contributed by atoms with Gasteiger partial charge in [-0.2, -0.15) is 0 Å². The molecule has 0 bridgehead atoms. The van der Waals surface area contributed by atoms with Gasteiger partial charge in [-0.1, -0.05) is 18.2 Å². The van der Waals surface area contributed by atoms with Crippen molar-refractivity contribution in [1.82, 2.24) is 15.2 Å². The van der Waals surface area contributed by atoms with E-state index >= 15 is 0 Å². The average Bonchev–Trinajstić information content (AvgIpc) is 3.39. The van der Waals surface area contributed by atoms with Crippen LogP contribution in [0.25, 0.3) is 22.7 Å². The second-order valence-electron chi connectivity index (χ2n) is 6.57. The van der Waals surface area contributed by atoms with Crippen molar-refractivity contribution in [3.8, 4) is 28.5 Å². The normalized spacial score (nSPS) is 10.7.